The van der Waals surface area contributed by atoms with E-state index in [1.165, 1.54) is 6.33 Å². The van der Waals surface area contributed by atoms with E-state index in [1.807, 2.05) is 86.1 Å². The van der Waals surface area contributed by atoms with E-state index in [1.54, 1.807) is 17.4 Å². The van der Waals surface area contributed by atoms with Crippen molar-refractivity contribution in [2.75, 3.05) is 37.4 Å². The number of aromatic nitrogens is 5. The SMILES string of the molecule is Cc1cc(Nc2ncnc3cnc(N4C[C@H](C)/C(=C\CN(C)C)C4=O)cc23)ccc1Oc1ccc2c(c1)ncn2C. The molecule has 41 heavy (non-hydrogen) atoms. The summed E-state index contributed by atoms with van der Waals surface area (Å²) in [5.41, 5.74) is 5.26. The highest BCUT2D eigenvalue weighted by atomic mass is 16.5. The van der Waals surface area contributed by atoms with Crippen LogP contribution in [-0.4, -0.2) is 62.5 Å². The van der Waals surface area contributed by atoms with E-state index in [2.05, 4.69) is 32.2 Å². The van der Waals surface area contributed by atoms with Crippen molar-refractivity contribution in [2.45, 2.75) is 13.8 Å². The Morgan fingerprint density at radius 2 is 1.93 bits per heavy atom. The van der Waals surface area contributed by atoms with Crippen LogP contribution in [-0.2, 0) is 11.8 Å². The van der Waals surface area contributed by atoms with Crippen molar-refractivity contribution < 1.29 is 9.53 Å². The topological polar surface area (TPSA) is 101 Å². The van der Waals surface area contributed by atoms with Gasteiger partial charge < -0.3 is 19.5 Å². The molecule has 1 N–H and O–H groups in total. The van der Waals surface area contributed by atoms with Crippen LogP contribution in [0.5, 0.6) is 11.5 Å². The first-order valence-electron chi connectivity index (χ1n) is 13.5. The lowest BCUT2D eigenvalue weighted by molar-refractivity contribution is -0.114. The minimum absolute atomic E-state index is 0.00836. The molecule has 1 saturated heterocycles. The summed E-state index contributed by atoms with van der Waals surface area (Å²) in [6.45, 7) is 5.38. The first-order valence-corrected chi connectivity index (χ1v) is 13.5. The van der Waals surface area contributed by atoms with Crippen LogP contribution in [0.3, 0.4) is 0 Å². The molecule has 10 nitrogen and oxygen atoms in total. The van der Waals surface area contributed by atoms with E-state index in [9.17, 15) is 4.79 Å². The summed E-state index contributed by atoms with van der Waals surface area (Å²) in [5, 5.41) is 4.20. The third-order valence-electron chi connectivity index (χ3n) is 7.30. The normalized spacial score (nSPS) is 16.4. The number of ether oxygens (including phenoxy) is 1. The van der Waals surface area contributed by atoms with E-state index in [-0.39, 0.29) is 11.8 Å². The Balaban J connectivity index is 1.24. The largest absolute Gasteiger partial charge is 0.457 e. The van der Waals surface area contributed by atoms with Crippen molar-refractivity contribution in [3.8, 4) is 11.5 Å². The van der Waals surface area contributed by atoms with Crippen LogP contribution in [0.2, 0.25) is 0 Å². The van der Waals surface area contributed by atoms with Gasteiger partial charge in [-0.1, -0.05) is 13.0 Å². The summed E-state index contributed by atoms with van der Waals surface area (Å²) >= 11 is 0. The number of amides is 1. The molecule has 4 heterocycles. The number of carbonyl (C=O) groups excluding carboxylic acids is 1. The van der Waals surface area contributed by atoms with Crippen LogP contribution < -0.4 is 15.0 Å². The number of fused-ring (bicyclic) bond motifs is 2. The number of likely N-dealkylation sites (N-methyl/N-ethyl adjacent to an activating group) is 1. The summed E-state index contributed by atoms with van der Waals surface area (Å²) < 4.78 is 8.15. The molecule has 0 radical (unpaired) electrons. The number of carbonyl (C=O) groups is 1. The molecule has 5 aromatic rings. The van der Waals surface area contributed by atoms with Gasteiger partial charge in [-0.05, 0) is 63.0 Å². The first-order chi connectivity index (χ1) is 19.8. The van der Waals surface area contributed by atoms with Gasteiger partial charge in [0.1, 0.15) is 29.5 Å². The molecule has 1 fully saturated rings. The number of nitrogens with one attached hydrogen (secondary N) is 1. The monoisotopic (exact) mass is 548 g/mol. The minimum Gasteiger partial charge on any atom is -0.457 e. The van der Waals surface area contributed by atoms with Crippen LogP contribution in [0.4, 0.5) is 17.3 Å². The third-order valence-corrected chi connectivity index (χ3v) is 7.30. The van der Waals surface area contributed by atoms with E-state index in [0.29, 0.717) is 23.7 Å². The lowest BCUT2D eigenvalue weighted by Crippen LogP contribution is -2.26. The predicted molar refractivity (Wildman–Crippen MR) is 161 cm³/mol. The maximum atomic E-state index is 13.2. The second kappa shape index (κ2) is 10.6. The molecular formula is C31H32N8O2. The van der Waals surface area contributed by atoms with Crippen LogP contribution >= 0.6 is 0 Å². The number of pyridine rings is 1. The van der Waals surface area contributed by atoms with Crippen LogP contribution in [0.25, 0.3) is 21.9 Å². The number of hydrogen-bond acceptors (Lipinski definition) is 8. The van der Waals surface area contributed by atoms with Crippen LogP contribution in [0.1, 0.15) is 12.5 Å². The quantitative estimate of drug-likeness (QED) is 0.276. The van der Waals surface area contributed by atoms with Gasteiger partial charge >= 0.3 is 0 Å². The molecule has 1 amide bonds. The number of imidazole rings is 1. The second-order valence-corrected chi connectivity index (χ2v) is 10.7. The highest BCUT2D eigenvalue weighted by Gasteiger charge is 2.34. The van der Waals surface area contributed by atoms with Crippen LogP contribution in [0.15, 0.2) is 73.0 Å². The molecule has 10 heteroatoms. The zero-order chi connectivity index (χ0) is 28.7. The highest BCUT2D eigenvalue weighted by molar-refractivity contribution is 6.09. The van der Waals surface area contributed by atoms with Gasteiger partial charge in [-0.3, -0.25) is 9.69 Å². The van der Waals surface area contributed by atoms with Crippen molar-refractivity contribution in [3.63, 3.8) is 0 Å². The third kappa shape index (κ3) is 5.21. The Bertz CT molecular complexity index is 1810. The molecule has 1 aliphatic heterocycles. The first kappa shape index (κ1) is 26.4. The summed E-state index contributed by atoms with van der Waals surface area (Å²) in [5.74, 6) is 2.82. The Kier molecular flexibility index (Phi) is 6.84. The second-order valence-electron chi connectivity index (χ2n) is 10.7. The maximum absolute atomic E-state index is 13.2. The summed E-state index contributed by atoms with van der Waals surface area (Å²) in [6.07, 6.45) is 7.00. The zero-order valence-electron chi connectivity index (χ0n) is 23.8. The van der Waals surface area contributed by atoms with Gasteiger partial charge in [0.25, 0.3) is 5.91 Å². The lowest BCUT2D eigenvalue weighted by Gasteiger charge is -2.16. The molecule has 1 atom stereocenters. The average Bonchev–Trinajstić information content (AvgIpc) is 3.46. The summed E-state index contributed by atoms with van der Waals surface area (Å²) in [4.78, 5) is 34.9. The summed E-state index contributed by atoms with van der Waals surface area (Å²) in [7, 11) is 5.95. The van der Waals surface area contributed by atoms with Gasteiger partial charge in [0.05, 0.1) is 29.1 Å². The Morgan fingerprint density at radius 3 is 2.73 bits per heavy atom. The van der Waals surface area contributed by atoms with Crippen molar-refractivity contribution in [1.29, 1.82) is 0 Å². The molecule has 6 rings (SSSR count). The standard InChI is InChI=1S/C31H32N8O2/c1-19-12-21(6-9-28(19)41-22-7-8-27-25(13-22)35-18-38(27)5)36-30-24-14-29(32-15-26(24)33-17-34-30)39-16-20(2)23(31(39)40)10-11-37(3)4/h6-10,12-15,17-18,20H,11,16H2,1-5H3,(H,33,34,36)/b23-10+/t20-/m0/s1. The maximum Gasteiger partial charge on any atom is 0.255 e. The van der Waals surface area contributed by atoms with Gasteiger partial charge in [-0.2, -0.15) is 0 Å². The number of benzene rings is 2. The fraction of sp³-hybridized carbons (Fsp3) is 0.258. The van der Waals surface area contributed by atoms with Gasteiger partial charge in [0, 0.05) is 48.8 Å². The van der Waals surface area contributed by atoms with Gasteiger partial charge in [-0.15, -0.1) is 0 Å². The number of aryl methyl sites for hydroxylation is 2. The fourth-order valence-corrected chi connectivity index (χ4v) is 5.07. The lowest BCUT2D eigenvalue weighted by atomic mass is 10.0. The zero-order valence-corrected chi connectivity index (χ0v) is 23.8. The number of hydrogen-bond donors (Lipinski definition) is 1. The molecule has 208 valence electrons. The molecule has 1 aliphatic rings. The Labute approximate surface area is 238 Å². The van der Waals surface area contributed by atoms with Crippen LogP contribution in [0, 0.1) is 12.8 Å². The predicted octanol–water partition coefficient (Wildman–Crippen LogP) is 5.23. The van der Waals surface area contributed by atoms with E-state index in [0.717, 1.165) is 51.3 Å². The number of rotatable bonds is 7. The molecule has 0 saturated carbocycles. The molecule has 0 aliphatic carbocycles. The Morgan fingerprint density at radius 1 is 1.07 bits per heavy atom. The molecular weight excluding hydrogens is 516 g/mol. The van der Waals surface area contributed by atoms with Crippen molar-refractivity contribution >= 4 is 45.2 Å². The molecule has 0 spiro atoms. The average molecular weight is 549 g/mol. The van der Waals surface area contributed by atoms with E-state index < -0.39 is 0 Å². The molecule has 0 bridgehead atoms. The van der Waals surface area contributed by atoms with Crippen molar-refractivity contribution in [2.24, 2.45) is 13.0 Å². The molecule has 3 aromatic heterocycles. The fourth-order valence-electron chi connectivity index (χ4n) is 5.07. The molecule has 0 unspecified atom stereocenters. The van der Waals surface area contributed by atoms with Crippen molar-refractivity contribution in [1.82, 2.24) is 29.4 Å². The Hall–Kier alpha value is -4.83. The van der Waals surface area contributed by atoms with Gasteiger partial charge in [-0.25, -0.2) is 19.9 Å². The van der Waals surface area contributed by atoms with Gasteiger partial charge in [0.2, 0.25) is 0 Å². The smallest absolute Gasteiger partial charge is 0.255 e. The van der Waals surface area contributed by atoms with Crippen molar-refractivity contribution in [3.05, 3.63) is 78.5 Å². The van der Waals surface area contributed by atoms with Gasteiger partial charge in [0.15, 0.2) is 0 Å². The highest BCUT2D eigenvalue weighted by Crippen LogP contribution is 2.33. The summed E-state index contributed by atoms with van der Waals surface area (Å²) in [6, 6.07) is 13.7. The molecule has 2 aromatic carbocycles. The van der Waals surface area contributed by atoms with E-state index >= 15 is 0 Å². The number of anilines is 3. The van der Waals surface area contributed by atoms with E-state index in [4.69, 9.17) is 4.74 Å². The minimum atomic E-state index is -0.00836. The number of nitrogens with zero attached hydrogens (tertiary/aromatic N) is 7.